The van der Waals surface area contributed by atoms with E-state index in [2.05, 4.69) is 4.90 Å². The maximum atomic E-state index is 12.3. The second-order valence-electron chi connectivity index (χ2n) is 7.66. The molecule has 2 amide bonds. The molecular weight excluding hydrogens is 326 g/mol. The van der Waals surface area contributed by atoms with Crippen LogP contribution in [0.1, 0.15) is 32.1 Å². The summed E-state index contributed by atoms with van der Waals surface area (Å²) in [5, 5.41) is 29.1. The van der Waals surface area contributed by atoms with Crippen LogP contribution >= 0.6 is 0 Å². The molecule has 142 valence electrons. The van der Waals surface area contributed by atoms with Crippen LogP contribution < -0.4 is 0 Å². The van der Waals surface area contributed by atoms with Crippen LogP contribution in [0.25, 0.3) is 0 Å². The van der Waals surface area contributed by atoms with E-state index < -0.39 is 6.09 Å². The molecule has 3 N–H and O–H groups in total. The van der Waals surface area contributed by atoms with Crippen molar-refractivity contribution in [1.82, 2.24) is 14.7 Å². The number of carboxylic acid groups (broad SMARTS) is 1. The van der Waals surface area contributed by atoms with Gasteiger partial charge in [-0.15, -0.1) is 0 Å². The van der Waals surface area contributed by atoms with Gasteiger partial charge in [-0.1, -0.05) is 0 Å². The first kappa shape index (κ1) is 18.4. The number of aliphatic hydroxyl groups excluding tert-OH is 2. The fraction of sp³-hybridized carbons (Fsp3) is 0.882. The summed E-state index contributed by atoms with van der Waals surface area (Å²) in [6, 6.07) is -0.296. The highest BCUT2D eigenvalue weighted by Crippen LogP contribution is 2.53. The average molecular weight is 355 g/mol. The molecule has 8 heteroatoms. The second-order valence-corrected chi connectivity index (χ2v) is 7.66. The molecule has 0 bridgehead atoms. The first-order chi connectivity index (χ1) is 11.9. The number of piperidine rings is 1. The van der Waals surface area contributed by atoms with E-state index in [0.29, 0.717) is 19.5 Å². The van der Waals surface area contributed by atoms with Crippen LogP contribution in [-0.4, -0.2) is 100 Å². The lowest BCUT2D eigenvalue weighted by Gasteiger charge is -2.38. The van der Waals surface area contributed by atoms with Crippen molar-refractivity contribution >= 4 is 12.0 Å². The van der Waals surface area contributed by atoms with Crippen molar-refractivity contribution in [3.8, 4) is 0 Å². The highest BCUT2D eigenvalue weighted by molar-refractivity contribution is 5.78. The van der Waals surface area contributed by atoms with E-state index in [9.17, 15) is 19.8 Å². The topological polar surface area (TPSA) is 105 Å². The molecule has 3 fully saturated rings. The zero-order valence-electron chi connectivity index (χ0n) is 14.6. The van der Waals surface area contributed by atoms with E-state index in [1.165, 1.54) is 4.90 Å². The van der Waals surface area contributed by atoms with E-state index >= 15 is 0 Å². The molecule has 3 aliphatic rings. The number of rotatable bonds is 5. The molecule has 1 spiro atoms. The average Bonchev–Trinajstić information content (AvgIpc) is 3.38. The molecule has 0 aromatic carbocycles. The van der Waals surface area contributed by atoms with Crippen molar-refractivity contribution in [3.63, 3.8) is 0 Å². The van der Waals surface area contributed by atoms with Crippen molar-refractivity contribution in [1.29, 1.82) is 0 Å². The Morgan fingerprint density at radius 1 is 1.20 bits per heavy atom. The van der Waals surface area contributed by atoms with Crippen LogP contribution in [0.4, 0.5) is 4.79 Å². The third kappa shape index (κ3) is 4.07. The van der Waals surface area contributed by atoms with Crippen LogP contribution in [0.2, 0.25) is 0 Å². The highest BCUT2D eigenvalue weighted by atomic mass is 16.4. The summed E-state index contributed by atoms with van der Waals surface area (Å²) in [6.45, 7) is 3.03. The molecule has 8 nitrogen and oxygen atoms in total. The van der Waals surface area contributed by atoms with E-state index in [-0.39, 0.29) is 49.6 Å². The quantitative estimate of drug-likeness (QED) is 0.631. The highest BCUT2D eigenvalue weighted by Gasteiger charge is 2.51. The van der Waals surface area contributed by atoms with Crippen LogP contribution in [0.3, 0.4) is 0 Å². The monoisotopic (exact) mass is 355 g/mol. The predicted molar refractivity (Wildman–Crippen MR) is 90.1 cm³/mol. The number of hydrogen-bond donors (Lipinski definition) is 3. The van der Waals surface area contributed by atoms with Gasteiger partial charge >= 0.3 is 6.09 Å². The van der Waals surface area contributed by atoms with Crippen molar-refractivity contribution in [3.05, 3.63) is 0 Å². The molecule has 1 unspecified atom stereocenters. The third-order valence-electron chi connectivity index (χ3n) is 6.18. The number of aliphatic hydroxyl groups is 2. The molecule has 0 radical (unpaired) electrons. The van der Waals surface area contributed by atoms with E-state index in [1.54, 1.807) is 4.90 Å². The normalized spacial score (nSPS) is 28.1. The minimum Gasteiger partial charge on any atom is -0.465 e. The largest absolute Gasteiger partial charge is 0.465 e. The van der Waals surface area contributed by atoms with Gasteiger partial charge < -0.3 is 30.0 Å². The summed E-state index contributed by atoms with van der Waals surface area (Å²) in [6.07, 6.45) is 2.80. The first-order valence-corrected chi connectivity index (χ1v) is 9.24. The van der Waals surface area contributed by atoms with Gasteiger partial charge in [-0.25, -0.2) is 4.79 Å². The van der Waals surface area contributed by atoms with Gasteiger partial charge in [0.05, 0.1) is 18.8 Å². The fourth-order valence-electron chi connectivity index (χ4n) is 4.12. The number of carbonyl (C=O) groups is 2. The molecule has 2 atom stereocenters. The summed E-state index contributed by atoms with van der Waals surface area (Å²) in [5.74, 6) is -0.0987. The van der Waals surface area contributed by atoms with Crippen molar-refractivity contribution in [2.45, 2.75) is 44.2 Å². The lowest BCUT2D eigenvalue weighted by atomic mass is 9.90. The Kier molecular flexibility index (Phi) is 5.50. The number of amides is 2. The third-order valence-corrected chi connectivity index (χ3v) is 6.18. The Morgan fingerprint density at radius 2 is 1.96 bits per heavy atom. The first-order valence-electron chi connectivity index (χ1n) is 9.24. The van der Waals surface area contributed by atoms with Crippen molar-refractivity contribution in [2.24, 2.45) is 5.41 Å². The molecule has 25 heavy (non-hydrogen) atoms. The van der Waals surface area contributed by atoms with Crippen LogP contribution in [0.5, 0.6) is 0 Å². The Balaban J connectivity index is 1.51. The molecule has 3 rings (SSSR count). The van der Waals surface area contributed by atoms with Gasteiger partial charge in [0, 0.05) is 39.1 Å². The van der Waals surface area contributed by atoms with Crippen molar-refractivity contribution in [2.75, 3.05) is 45.9 Å². The second kappa shape index (κ2) is 7.47. The minimum absolute atomic E-state index is 0.0987. The Morgan fingerprint density at radius 3 is 2.56 bits per heavy atom. The minimum atomic E-state index is -1.01. The van der Waals surface area contributed by atoms with E-state index in [0.717, 1.165) is 32.4 Å². The van der Waals surface area contributed by atoms with Gasteiger partial charge in [-0.05, 0) is 37.6 Å². The van der Waals surface area contributed by atoms with Crippen LogP contribution in [-0.2, 0) is 4.79 Å². The van der Waals surface area contributed by atoms with Crippen LogP contribution in [0.15, 0.2) is 0 Å². The summed E-state index contributed by atoms with van der Waals surface area (Å²) >= 11 is 0. The zero-order chi connectivity index (χ0) is 18.0. The van der Waals surface area contributed by atoms with Gasteiger partial charge in [0.15, 0.2) is 0 Å². The fourth-order valence-corrected chi connectivity index (χ4v) is 4.12. The SMILES string of the molecule is O=C(O)N1CCC(=O)N(C(CO)CCN2CCC3(CC3)[C@H](O)C2)CC1. The predicted octanol–water partition coefficient (Wildman–Crippen LogP) is -0.203. The number of carbonyl (C=O) groups excluding carboxylic acids is 1. The molecule has 2 heterocycles. The lowest BCUT2D eigenvalue weighted by molar-refractivity contribution is -0.133. The Hall–Kier alpha value is -1.38. The summed E-state index contributed by atoms with van der Waals surface area (Å²) in [7, 11) is 0. The van der Waals surface area contributed by atoms with Gasteiger partial charge in [-0.2, -0.15) is 0 Å². The summed E-state index contributed by atoms with van der Waals surface area (Å²) in [4.78, 5) is 28.5. The Bertz CT molecular complexity index is 511. The molecule has 0 aromatic rings. The number of hydrogen-bond acceptors (Lipinski definition) is 5. The maximum Gasteiger partial charge on any atom is 0.407 e. The molecule has 1 aliphatic carbocycles. The van der Waals surface area contributed by atoms with Gasteiger partial charge in [0.2, 0.25) is 5.91 Å². The maximum absolute atomic E-state index is 12.3. The summed E-state index contributed by atoms with van der Waals surface area (Å²) in [5.41, 5.74) is 0.175. The van der Waals surface area contributed by atoms with Crippen LogP contribution in [0, 0.1) is 5.41 Å². The summed E-state index contributed by atoms with van der Waals surface area (Å²) < 4.78 is 0. The van der Waals surface area contributed by atoms with E-state index in [1.807, 2.05) is 0 Å². The van der Waals surface area contributed by atoms with Crippen molar-refractivity contribution < 1.29 is 24.9 Å². The van der Waals surface area contributed by atoms with E-state index in [4.69, 9.17) is 5.11 Å². The smallest absolute Gasteiger partial charge is 0.407 e. The van der Waals surface area contributed by atoms with Gasteiger partial charge in [0.1, 0.15) is 0 Å². The molecular formula is C17H29N3O5. The molecule has 0 aromatic heterocycles. The zero-order valence-corrected chi connectivity index (χ0v) is 14.6. The molecule has 1 saturated carbocycles. The molecule has 2 aliphatic heterocycles. The van der Waals surface area contributed by atoms with Gasteiger partial charge in [-0.3, -0.25) is 4.79 Å². The number of β-amino-alcohol motifs (C(OH)–C–C–N with tert-alkyl or cyclic N) is 1. The number of likely N-dealkylation sites (tertiary alicyclic amines) is 1. The number of nitrogens with zero attached hydrogens (tertiary/aromatic N) is 3. The molecule has 2 saturated heterocycles. The van der Waals surface area contributed by atoms with Gasteiger partial charge in [0.25, 0.3) is 0 Å². The lowest BCUT2D eigenvalue weighted by Crippen LogP contribution is -2.48. The standard InChI is InChI=1S/C17H29N3O5/c21-12-13(20-10-9-19(16(24)25)7-2-15(20)23)1-6-18-8-5-17(3-4-17)14(22)11-18/h13-14,21-22H,1-12H2,(H,24,25)/t13?,14-/m1/s1. The Labute approximate surface area is 148 Å².